The molecule has 0 saturated heterocycles. The quantitative estimate of drug-likeness (QED) is 0.263. The predicted molar refractivity (Wildman–Crippen MR) is 128 cm³/mol. The third kappa shape index (κ3) is 5.48. The van der Waals surface area contributed by atoms with Gasteiger partial charge in [0.1, 0.15) is 18.1 Å². The van der Waals surface area contributed by atoms with Crippen molar-refractivity contribution >= 4 is 40.3 Å². The van der Waals surface area contributed by atoms with Crippen LogP contribution >= 0.6 is 11.6 Å². The molecule has 0 radical (unpaired) electrons. The summed E-state index contributed by atoms with van der Waals surface area (Å²) in [6.45, 7) is 0.255. The lowest BCUT2D eigenvalue weighted by Crippen LogP contribution is -2.20. The van der Waals surface area contributed by atoms with Gasteiger partial charge in [0.05, 0.1) is 11.2 Å². The number of hydrogen-bond donors (Lipinski definition) is 0. The molecule has 2 aromatic carbocycles. The minimum absolute atomic E-state index is 0.212. The molecule has 0 bridgehead atoms. The van der Waals surface area contributed by atoms with Gasteiger partial charge in [-0.05, 0) is 54.6 Å². The zero-order valence-electron chi connectivity index (χ0n) is 18.1. The Labute approximate surface area is 196 Å². The molecule has 166 valence electrons. The highest BCUT2D eigenvalue weighted by atomic mass is 35.5. The van der Waals surface area contributed by atoms with Crippen molar-refractivity contribution in [2.75, 3.05) is 14.1 Å². The normalized spacial score (nSPS) is 11.1. The molecular formula is C26H21ClN2O4. The summed E-state index contributed by atoms with van der Waals surface area (Å²) in [5, 5.41) is 1.62. The molecule has 4 aromatic rings. The summed E-state index contributed by atoms with van der Waals surface area (Å²) in [7, 11) is 3.29. The molecule has 0 N–H and O–H groups in total. The van der Waals surface area contributed by atoms with Crippen LogP contribution in [0.25, 0.3) is 17.0 Å². The lowest BCUT2D eigenvalue weighted by Gasteiger charge is -2.08. The lowest BCUT2D eigenvalue weighted by molar-refractivity contribution is 0.0796. The number of rotatable bonds is 7. The number of benzene rings is 2. The van der Waals surface area contributed by atoms with E-state index < -0.39 is 0 Å². The van der Waals surface area contributed by atoms with Crippen LogP contribution in [-0.4, -0.2) is 35.7 Å². The number of nitrogens with zero attached hydrogens (tertiary/aromatic N) is 2. The van der Waals surface area contributed by atoms with Gasteiger partial charge in [0, 0.05) is 30.1 Å². The number of fused-ring (bicyclic) bond motifs is 1. The second-order valence-corrected chi connectivity index (χ2v) is 7.99. The number of halogens is 1. The largest absolute Gasteiger partial charge is 0.487 e. The zero-order chi connectivity index (χ0) is 23.4. The van der Waals surface area contributed by atoms with E-state index in [1.807, 2.05) is 30.3 Å². The number of amides is 1. The van der Waals surface area contributed by atoms with E-state index in [1.54, 1.807) is 50.5 Å². The maximum absolute atomic E-state index is 12.6. The summed E-state index contributed by atoms with van der Waals surface area (Å²) in [5.41, 5.74) is 2.02. The fourth-order valence-corrected chi connectivity index (χ4v) is 3.31. The molecule has 2 aromatic heterocycles. The van der Waals surface area contributed by atoms with Crippen molar-refractivity contribution < 1.29 is 18.7 Å². The highest BCUT2D eigenvalue weighted by molar-refractivity contribution is 6.31. The van der Waals surface area contributed by atoms with E-state index in [9.17, 15) is 9.59 Å². The minimum Gasteiger partial charge on any atom is -0.487 e. The van der Waals surface area contributed by atoms with E-state index in [4.69, 9.17) is 20.8 Å². The Balaban J connectivity index is 1.41. The highest BCUT2D eigenvalue weighted by Crippen LogP contribution is 2.20. The fraction of sp³-hybridized carbons (Fsp3) is 0.115. The summed E-state index contributed by atoms with van der Waals surface area (Å²) >= 11 is 6.05. The van der Waals surface area contributed by atoms with Crippen LogP contribution < -0.4 is 4.74 Å². The van der Waals surface area contributed by atoms with Gasteiger partial charge in [-0.15, -0.1) is 0 Å². The Morgan fingerprint density at radius 3 is 2.70 bits per heavy atom. The van der Waals surface area contributed by atoms with Crippen LogP contribution in [0.3, 0.4) is 0 Å². The van der Waals surface area contributed by atoms with E-state index in [0.717, 1.165) is 16.6 Å². The van der Waals surface area contributed by atoms with E-state index in [-0.39, 0.29) is 24.1 Å². The maximum atomic E-state index is 12.6. The SMILES string of the molecule is CN(C)C(=O)c1ccc(C=CC(=O)c2cccc(OCc3ccc4ccc(Cl)cc4n3)c2)o1. The molecule has 6 nitrogen and oxygen atoms in total. The fourth-order valence-electron chi connectivity index (χ4n) is 3.14. The molecular weight excluding hydrogens is 440 g/mol. The molecule has 0 atom stereocenters. The number of carbonyl (C=O) groups is 2. The third-order valence-electron chi connectivity index (χ3n) is 4.86. The van der Waals surface area contributed by atoms with Gasteiger partial charge in [-0.3, -0.25) is 9.59 Å². The molecule has 0 fully saturated rings. The Bertz CT molecular complexity index is 1360. The smallest absolute Gasteiger partial charge is 0.289 e. The van der Waals surface area contributed by atoms with Crippen molar-refractivity contribution in [1.29, 1.82) is 0 Å². The van der Waals surface area contributed by atoms with Crippen molar-refractivity contribution in [3.8, 4) is 5.75 Å². The third-order valence-corrected chi connectivity index (χ3v) is 5.09. The van der Waals surface area contributed by atoms with Crippen molar-refractivity contribution in [2.45, 2.75) is 6.61 Å². The van der Waals surface area contributed by atoms with Crippen LogP contribution in [0, 0.1) is 0 Å². The Morgan fingerprint density at radius 1 is 1.06 bits per heavy atom. The second-order valence-electron chi connectivity index (χ2n) is 7.56. The first kappa shape index (κ1) is 22.3. The predicted octanol–water partition coefficient (Wildman–Crippen LogP) is 5.66. The summed E-state index contributed by atoms with van der Waals surface area (Å²) in [4.78, 5) is 30.5. The molecule has 0 saturated carbocycles. The van der Waals surface area contributed by atoms with Crippen LogP contribution in [0.15, 0.2) is 77.2 Å². The number of hydrogen-bond acceptors (Lipinski definition) is 5. The molecule has 2 heterocycles. The van der Waals surface area contributed by atoms with E-state index in [0.29, 0.717) is 22.1 Å². The Morgan fingerprint density at radius 2 is 1.88 bits per heavy atom. The van der Waals surface area contributed by atoms with Gasteiger partial charge >= 0.3 is 0 Å². The van der Waals surface area contributed by atoms with Crippen molar-refractivity contribution in [1.82, 2.24) is 9.88 Å². The van der Waals surface area contributed by atoms with E-state index in [1.165, 1.54) is 17.1 Å². The molecule has 0 unspecified atom stereocenters. The van der Waals surface area contributed by atoms with Crippen LogP contribution in [0.1, 0.15) is 32.4 Å². The van der Waals surface area contributed by atoms with Gasteiger partial charge in [0.25, 0.3) is 5.91 Å². The van der Waals surface area contributed by atoms with Gasteiger partial charge in [0.15, 0.2) is 11.5 Å². The average molecular weight is 461 g/mol. The Kier molecular flexibility index (Phi) is 6.56. The summed E-state index contributed by atoms with van der Waals surface area (Å²) in [6.07, 6.45) is 2.93. The first-order chi connectivity index (χ1) is 15.9. The first-order valence-corrected chi connectivity index (χ1v) is 10.6. The monoisotopic (exact) mass is 460 g/mol. The first-order valence-electron chi connectivity index (χ1n) is 10.2. The summed E-state index contributed by atoms with van der Waals surface area (Å²) in [6, 6.07) is 19.6. The molecule has 7 heteroatoms. The van der Waals surface area contributed by atoms with Crippen molar-refractivity contribution in [2.24, 2.45) is 0 Å². The maximum Gasteiger partial charge on any atom is 0.289 e. The molecule has 0 aliphatic heterocycles. The molecule has 4 rings (SSSR count). The van der Waals surface area contributed by atoms with Gasteiger partial charge in [-0.1, -0.05) is 35.9 Å². The minimum atomic E-state index is -0.241. The van der Waals surface area contributed by atoms with Crippen LogP contribution in [-0.2, 0) is 6.61 Å². The van der Waals surface area contributed by atoms with Crippen molar-refractivity contribution in [3.05, 3.63) is 101 Å². The average Bonchev–Trinajstić information content (AvgIpc) is 3.29. The lowest BCUT2D eigenvalue weighted by atomic mass is 10.1. The molecule has 0 spiro atoms. The molecule has 1 amide bonds. The number of carbonyl (C=O) groups excluding carboxylic acids is 2. The number of allylic oxidation sites excluding steroid dienone is 1. The standard InChI is InChI=1S/C26H21ClN2O4/c1-29(2)26(31)25-13-11-21(33-25)10-12-24(30)18-4-3-5-22(14-18)32-16-20-9-7-17-6-8-19(27)15-23(17)28-20/h3-15H,16H2,1-2H3. The van der Waals surface area contributed by atoms with Gasteiger partial charge in [0.2, 0.25) is 0 Å². The van der Waals surface area contributed by atoms with Crippen LogP contribution in [0.5, 0.6) is 5.75 Å². The van der Waals surface area contributed by atoms with Crippen LogP contribution in [0.2, 0.25) is 5.02 Å². The van der Waals surface area contributed by atoms with Gasteiger partial charge in [-0.2, -0.15) is 0 Å². The van der Waals surface area contributed by atoms with Gasteiger partial charge < -0.3 is 14.1 Å². The number of ether oxygens (including phenoxy) is 1. The summed E-state index contributed by atoms with van der Waals surface area (Å²) in [5.74, 6) is 0.736. The van der Waals surface area contributed by atoms with E-state index in [2.05, 4.69) is 4.98 Å². The van der Waals surface area contributed by atoms with Crippen molar-refractivity contribution in [3.63, 3.8) is 0 Å². The number of aromatic nitrogens is 1. The zero-order valence-corrected chi connectivity index (χ0v) is 18.9. The summed E-state index contributed by atoms with van der Waals surface area (Å²) < 4.78 is 11.3. The second kappa shape index (κ2) is 9.71. The van der Waals surface area contributed by atoms with E-state index >= 15 is 0 Å². The number of ketones is 1. The molecule has 33 heavy (non-hydrogen) atoms. The molecule has 0 aliphatic carbocycles. The topological polar surface area (TPSA) is 72.6 Å². The highest BCUT2D eigenvalue weighted by Gasteiger charge is 2.12. The number of furan rings is 1. The van der Waals surface area contributed by atoms with Crippen LogP contribution in [0.4, 0.5) is 0 Å². The number of pyridine rings is 1. The Hall–Kier alpha value is -3.90. The van der Waals surface area contributed by atoms with Gasteiger partial charge in [-0.25, -0.2) is 4.98 Å². The molecule has 0 aliphatic rings.